The first-order valence-corrected chi connectivity index (χ1v) is 8.67. The van der Waals surface area contributed by atoms with Crippen molar-refractivity contribution in [2.45, 2.75) is 30.0 Å². The van der Waals surface area contributed by atoms with Gasteiger partial charge in [0.25, 0.3) is 5.91 Å². The predicted octanol–water partition coefficient (Wildman–Crippen LogP) is 3.59. The van der Waals surface area contributed by atoms with E-state index in [9.17, 15) is 9.59 Å². The van der Waals surface area contributed by atoms with Crippen LogP contribution in [0.1, 0.15) is 24.7 Å². The van der Waals surface area contributed by atoms with Gasteiger partial charge in [-0.15, -0.1) is 11.8 Å². The summed E-state index contributed by atoms with van der Waals surface area (Å²) in [5.41, 5.74) is 0.848. The highest BCUT2D eigenvalue weighted by Crippen LogP contribution is 2.36. The van der Waals surface area contributed by atoms with Crippen molar-refractivity contribution >= 4 is 23.6 Å². The Morgan fingerprint density at radius 2 is 1.58 bits per heavy atom. The Hall–Kier alpha value is -2.27. The van der Waals surface area contributed by atoms with Crippen LogP contribution in [-0.4, -0.2) is 24.5 Å². The third-order valence-electron chi connectivity index (χ3n) is 3.11. The first-order chi connectivity index (χ1) is 11.6. The molecule has 2 aromatic rings. The Bertz CT molecular complexity index is 659. The zero-order chi connectivity index (χ0) is 17.4. The molecule has 2 rings (SSSR count). The van der Waals surface area contributed by atoms with Gasteiger partial charge in [-0.1, -0.05) is 48.5 Å². The van der Waals surface area contributed by atoms with Gasteiger partial charge in [-0.05, 0) is 31.5 Å². The maximum atomic E-state index is 12.5. The summed E-state index contributed by atoms with van der Waals surface area (Å²) in [6.45, 7) is 3.45. The van der Waals surface area contributed by atoms with Crippen molar-refractivity contribution in [1.29, 1.82) is 0 Å². The van der Waals surface area contributed by atoms with Crippen molar-refractivity contribution in [1.82, 2.24) is 5.32 Å². The summed E-state index contributed by atoms with van der Waals surface area (Å²) in [7, 11) is 0. The normalized spacial score (nSPS) is 11.8. The molecule has 126 valence electrons. The number of hydrogen-bond donors (Lipinski definition) is 1. The van der Waals surface area contributed by atoms with Crippen LogP contribution in [0.25, 0.3) is 0 Å². The van der Waals surface area contributed by atoms with E-state index >= 15 is 0 Å². The van der Waals surface area contributed by atoms with Gasteiger partial charge in [0.05, 0.1) is 0 Å². The summed E-state index contributed by atoms with van der Waals surface area (Å²) in [4.78, 5) is 25.2. The molecular weight excluding hydrogens is 322 g/mol. The van der Waals surface area contributed by atoms with Crippen molar-refractivity contribution in [2.24, 2.45) is 0 Å². The highest BCUT2D eigenvalue weighted by molar-refractivity contribution is 8.00. The van der Waals surface area contributed by atoms with Crippen LogP contribution in [0.2, 0.25) is 0 Å². The van der Waals surface area contributed by atoms with Crippen LogP contribution in [0.4, 0.5) is 0 Å². The lowest BCUT2D eigenvalue weighted by molar-refractivity contribution is -0.148. The zero-order valence-corrected chi connectivity index (χ0v) is 14.6. The molecule has 5 heteroatoms. The summed E-state index contributed by atoms with van der Waals surface area (Å²) >= 11 is 1.41. The average Bonchev–Trinajstić information content (AvgIpc) is 2.58. The molecule has 0 unspecified atom stereocenters. The van der Waals surface area contributed by atoms with Gasteiger partial charge in [0.1, 0.15) is 5.25 Å². The molecule has 0 aliphatic carbocycles. The van der Waals surface area contributed by atoms with Crippen molar-refractivity contribution in [3.8, 4) is 0 Å². The van der Waals surface area contributed by atoms with Crippen LogP contribution >= 0.6 is 11.8 Å². The van der Waals surface area contributed by atoms with Crippen LogP contribution in [-0.2, 0) is 14.3 Å². The van der Waals surface area contributed by atoms with Gasteiger partial charge >= 0.3 is 5.97 Å². The highest BCUT2D eigenvalue weighted by Gasteiger charge is 2.24. The van der Waals surface area contributed by atoms with Crippen molar-refractivity contribution < 1.29 is 14.3 Å². The largest absolute Gasteiger partial charge is 0.454 e. The molecule has 0 aliphatic heterocycles. The molecule has 0 spiro atoms. The zero-order valence-electron chi connectivity index (χ0n) is 13.8. The quantitative estimate of drug-likeness (QED) is 0.617. The predicted molar refractivity (Wildman–Crippen MR) is 95.7 cm³/mol. The van der Waals surface area contributed by atoms with Crippen LogP contribution in [0.5, 0.6) is 0 Å². The van der Waals surface area contributed by atoms with E-state index in [1.54, 1.807) is 0 Å². The number of amides is 1. The number of rotatable bonds is 7. The van der Waals surface area contributed by atoms with E-state index in [2.05, 4.69) is 5.32 Å². The van der Waals surface area contributed by atoms with Crippen molar-refractivity contribution in [2.75, 3.05) is 6.61 Å². The minimum Gasteiger partial charge on any atom is -0.454 e. The molecule has 0 saturated heterocycles. The van der Waals surface area contributed by atoms with Crippen molar-refractivity contribution in [3.05, 3.63) is 66.2 Å². The highest BCUT2D eigenvalue weighted by atomic mass is 32.2. The van der Waals surface area contributed by atoms with Crippen LogP contribution < -0.4 is 5.32 Å². The fourth-order valence-electron chi connectivity index (χ4n) is 2.09. The number of carbonyl (C=O) groups is 2. The molecule has 1 N–H and O–H groups in total. The molecule has 2 aromatic carbocycles. The second-order valence-corrected chi connectivity index (χ2v) is 6.73. The van der Waals surface area contributed by atoms with E-state index < -0.39 is 11.2 Å². The Labute approximate surface area is 146 Å². The summed E-state index contributed by atoms with van der Waals surface area (Å²) in [5, 5.41) is 2.19. The number of esters is 1. The number of nitrogens with one attached hydrogen (secondary N) is 1. The van der Waals surface area contributed by atoms with E-state index in [1.807, 2.05) is 74.5 Å². The first-order valence-electron chi connectivity index (χ1n) is 7.79. The molecular formula is C19H21NO3S. The third-order valence-corrected chi connectivity index (χ3v) is 4.35. The summed E-state index contributed by atoms with van der Waals surface area (Å²) in [5.74, 6) is -0.719. The smallest absolute Gasteiger partial charge is 0.324 e. The minimum atomic E-state index is -0.513. The molecule has 0 aromatic heterocycles. The lowest BCUT2D eigenvalue weighted by Gasteiger charge is -2.16. The molecule has 0 saturated carbocycles. The monoisotopic (exact) mass is 343 g/mol. The van der Waals surface area contributed by atoms with E-state index in [-0.39, 0.29) is 18.6 Å². The molecule has 0 fully saturated rings. The second kappa shape index (κ2) is 9.13. The standard InChI is InChI=1S/C19H21NO3S/c1-14(2)20-17(21)13-23-19(22)18(15-9-5-3-6-10-15)24-16-11-7-4-8-12-16/h3-12,14,18H,13H2,1-2H3,(H,20,21)/t18-/m1/s1. The molecule has 0 aliphatic rings. The fourth-order valence-corrected chi connectivity index (χ4v) is 3.14. The van der Waals surface area contributed by atoms with Gasteiger partial charge in [-0.2, -0.15) is 0 Å². The molecule has 24 heavy (non-hydrogen) atoms. The minimum absolute atomic E-state index is 0.0137. The van der Waals surface area contributed by atoms with Gasteiger partial charge in [0, 0.05) is 10.9 Å². The van der Waals surface area contributed by atoms with Gasteiger partial charge in [-0.3, -0.25) is 9.59 Å². The lowest BCUT2D eigenvalue weighted by atomic mass is 10.1. The van der Waals surface area contributed by atoms with Gasteiger partial charge in [0.15, 0.2) is 6.61 Å². The van der Waals surface area contributed by atoms with E-state index in [1.165, 1.54) is 11.8 Å². The number of hydrogen-bond acceptors (Lipinski definition) is 4. The number of benzene rings is 2. The number of thioether (sulfide) groups is 1. The van der Waals surface area contributed by atoms with E-state index in [0.717, 1.165) is 10.5 Å². The fraction of sp³-hybridized carbons (Fsp3) is 0.263. The lowest BCUT2D eigenvalue weighted by Crippen LogP contribution is -2.34. The molecule has 0 radical (unpaired) electrons. The number of ether oxygens (including phenoxy) is 1. The summed E-state index contributed by atoms with van der Waals surface area (Å²) < 4.78 is 5.22. The Kier molecular flexibility index (Phi) is 6.88. The summed E-state index contributed by atoms with van der Waals surface area (Å²) in [6.07, 6.45) is 0. The van der Waals surface area contributed by atoms with E-state index in [4.69, 9.17) is 4.74 Å². The maximum absolute atomic E-state index is 12.5. The molecule has 1 atom stereocenters. The summed E-state index contributed by atoms with van der Waals surface area (Å²) in [6, 6.07) is 19.1. The van der Waals surface area contributed by atoms with Crippen LogP contribution in [0, 0.1) is 0 Å². The molecule has 1 amide bonds. The number of carbonyl (C=O) groups excluding carboxylic acids is 2. The Morgan fingerprint density at radius 1 is 1.00 bits per heavy atom. The topological polar surface area (TPSA) is 55.4 Å². The molecule has 0 bridgehead atoms. The second-order valence-electron chi connectivity index (χ2n) is 5.55. The average molecular weight is 343 g/mol. The van der Waals surface area contributed by atoms with Crippen LogP contribution in [0.15, 0.2) is 65.6 Å². The van der Waals surface area contributed by atoms with Crippen LogP contribution in [0.3, 0.4) is 0 Å². The Balaban J connectivity index is 2.08. The SMILES string of the molecule is CC(C)NC(=O)COC(=O)[C@H](Sc1ccccc1)c1ccccc1. The Morgan fingerprint density at radius 3 is 2.17 bits per heavy atom. The maximum Gasteiger partial charge on any atom is 0.324 e. The first kappa shape index (κ1) is 18.1. The van der Waals surface area contributed by atoms with Gasteiger partial charge in [0.2, 0.25) is 0 Å². The van der Waals surface area contributed by atoms with Gasteiger partial charge in [-0.25, -0.2) is 0 Å². The van der Waals surface area contributed by atoms with Gasteiger partial charge < -0.3 is 10.1 Å². The molecule has 4 nitrogen and oxygen atoms in total. The molecule has 0 heterocycles. The third kappa shape index (κ3) is 5.74. The van der Waals surface area contributed by atoms with Crippen molar-refractivity contribution in [3.63, 3.8) is 0 Å². The van der Waals surface area contributed by atoms with E-state index in [0.29, 0.717) is 0 Å².